The fraction of sp³-hybridized carbons (Fsp3) is 0.211. The minimum Gasteiger partial charge on any atom is -0.322 e. The largest absolute Gasteiger partial charge is 0.322 e. The summed E-state index contributed by atoms with van der Waals surface area (Å²) in [5.41, 5.74) is 7.76. The highest BCUT2D eigenvalue weighted by molar-refractivity contribution is 8.93. The van der Waals surface area contributed by atoms with Gasteiger partial charge in [0.2, 0.25) is 0 Å². The number of para-hydroxylation sites is 1. The van der Waals surface area contributed by atoms with Crippen molar-refractivity contribution in [3.63, 3.8) is 0 Å². The van der Waals surface area contributed by atoms with Crippen molar-refractivity contribution in [1.29, 1.82) is 0 Å². The van der Waals surface area contributed by atoms with Crippen LogP contribution in [-0.4, -0.2) is 9.38 Å². The monoisotopic (exact) mass is 352 g/mol. The molecule has 3 heteroatoms. The van der Waals surface area contributed by atoms with Crippen molar-refractivity contribution >= 4 is 33.4 Å². The molecule has 0 saturated carbocycles. The van der Waals surface area contributed by atoms with Crippen LogP contribution < -0.4 is 0 Å². The molecule has 0 spiro atoms. The number of rotatable bonds is 0. The third-order valence-electron chi connectivity index (χ3n) is 4.76. The summed E-state index contributed by atoms with van der Waals surface area (Å²) in [7, 11) is 0. The van der Waals surface area contributed by atoms with Crippen molar-refractivity contribution in [2.75, 3.05) is 0 Å². The lowest BCUT2D eigenvalue weighted by molar-refractivity contribution is 0.681. The maximum atomic E-state index is 4.87. The van der Waals surface area contributed by atoms with E-state index < -0.39 is 0 Å². The van der Waals surface area contributed by atoms with Crippen molar-refractivity contribution in [1.82, 2.24) is 9.38 Å². The average molecular weight is 353 g/mol. The van der Waals surface area contributed by atoms with E-state index in [-0.39, 0.29) is 17.0 Å². The molecule has 2 aliphatic heterocycles. The Morgan fingerprint density at radius 3 is 2.68 bits per heavy atom. The summed E-state index contributed by atoms with van der Waals surface area (Å²) < 4.78 is 2.25. The molecule has 1 aromatic carbocycles. The Hall–Kier alpha value is -1.87. The highest BCUT2D eigenvalue weighted by Crippen LogP contribution is 2.35. The zero-order valence-electron chi connectivity index (χ0n) is 12.2. The lowest BCUT2D eigenvalue weighted by Gasteiger charge is -2.18. The summed E-state index contributed by atoms with van der Waals surface area (Å²) in [5, 5.41) is 1.26. The molecule has 2 nitrogen and oxygen atoms in total. The Kier molecular flexibility index (Phi) is 3.19. The number of hydrogen-bond donors (Lipinski definition) is 0. The third kappa shape index (κ3) is 1.88. The summed E-state index contributed by atoms with van der Waals surface area (Å²) in [6.45, 7) is 0. The van der Waals surface area contributed by atoms with Crippen molar-refractivity contribution in [2.24, 2.45) is 0 Å². The molecule has 22 heavy (non-hydrogen) atoms. The fourth-order valence-corrected chi connectivity index (χ4v) is 3.68. The predicted octanol–water partition coefficient (Wildman–Crippen LogP) is 5.05. The Labute approximate surface area is 139 Å². The second-order valence-corrected chi connectivity index (χ2v) is 6.03. The van der Waals surface area contributed by atoms with E-state index in [1.54, 1.807) is 0 Å². The highest BCUT2D eigenvalue weighted by Gasteiger charge is 2.17. The lowest BCUT2D eigenvalue weighted by atomic mass is 9.92. The van der Waals surface area contributed by atoms with Gasteiger partial charge in [-0.3, -0.25) is 0 Å². The molecule has 0 saturated heterocycles. The van der Waals surface area contributed by atoms with E-state index in [4.69, 9.17) is 4.98 Å². The first kappa shape index (κ1) is 13.8. The molecule has 0 atom stereocenters. The molecule has 0 unspecified atom stereocenters. The molecule has 0 N–H and O–H groups in total. The van der Waals surface area contributed by atoms with Gasteiger partial charge < -0.3 is 4.40 Å². The molecule has 1 aliphatic carbocycles. The molecule has 0 radical (unpaired) electrons. The Morgan fingerprint density at radius 1 is 0.955 bits per heavy atom. The summed E-state index contributed by atoms with van der Waals surface area (Å²) in [6, 6.07) is 13.0. The van der Waals surface area contributed by atoms with Gasteiger partial charge in [-0.2, -0.15) is 0 Å². The summed E-state index contributed by atoms with van der Waals surface area (Å²) in [6.07, 6.45) is 9.55. The molecule has 0 fully saturated rings. The van der Waals surface area contributed by atoms with Crippen LogP contribution in [0.15, 0.2) is 48.8 Å². The normalized spacial score (nSPS) is 14.2. The van der Waals surface area contributed by atoms with Gasteiger partial charge in [0, 0.05) is 23.3 Å². The van der Waals surface area contributed by atoms with Crippen LogP contribution in [-0.2, 0) is 12.8 Å². The lowest BCUT2D eigenvalue weighted by Crippen LogP contribution is -2.05. The van der Waals surface area contributed by atoms with Crippen LogP contribution in [0, 0.1) is 0 Å². The van der Waals surface area contributed by atoms with E-state index in [1.165, 1.54) is 53.3 Å². The van der Waals surface area contributed by atoms with Crippen LogP contribution in [0.5, 0.6) is 0 Å². The van der Waals surface area contributed by atoms with Crippen LogP contribution in [0.25, 0.3) is 27.7 Å². The van der Waals surface area contributed by atoms with E-state index >= 15 is 0 Å². The summed E-state index contributed by atoms with van der Waals surface area (Å²) in [5.74, 6) is 0. The number of aromatic nitrogens is 2. The molecule has 0 bridgehead atoms. The minimum atomic E-state index is 0. The smallest absolute Gasteiger partial charge is 0.0957 e. The highest BCUT2D eigenvalue weighted by atomic mass is 79.9. The second kappa shape index (κ2) is 5.10. The quantitative estimate of drug-likeness (QED) is 0.432. The van der Waals surface area contributed by atoms with Crippen molar-refractivity contribution in [3.05, 3.63) is 59.9 Å². The van der Waals surface area contributed by atoms with Crippen molar-refractivity contribution < 1.29 is 0 Å². The van der Waals surface area contributed by atoms with Gasteiger partial charge in [-0.25, -0.2) is 4.98 Å². The van der Waals surface area contributed by atoms with Crippen molar-refractivity contribution in [3.8, 4) is 11.3 Å². The molecule has 3 aliphatic rings. The number of pyridine rings is 2. The average Bonchev–Trinajstić information content (AvgIpc) is 2.92. The van der Waals surface area contributed by atoms with Gasteiger partial charge in [-0.15, -0.1) is 17.0 Å². The number of nitrogens with zero attached hydrogens (tertiary/aromatic N) is 2. The first-order chi connectivity index (χ1) is 10.4. The Morgan fingerprint density at radius 2 is 1.77 bits per heavy atom. The summed E-state index contributed by atoms with van der Waals surface area (Å²) >= 11 is 0. The van der Waals surface area contributed by atoms with Crippen LogP contribution in [0.2, 0.25) is 0 Å². The summed E-state index contributed by atoms with van der Waals surface area (Å²) in [4.78, 5) is 4.87. The van der Waals surface area contributed by atoms with Gasteiger partial charge in [0.15, 0.2) is 0 Å². The second-order valence-electron chi connectivity index (χ2n) is 6.03. The fourth-order valence-electron chi connectivity index (χ4n) is 3.68. The van der Waals surface area contributed by atoms with Gasteiger partial charge in [0.05, 0.1) is 16.7 Å². The van der Waals surface area contributed by atoms with Crippen LogP contribution in [0.4, 0.5) is 0 Å². The zero-order valence-corrected chi connectivity index (χ0v) is 14.0. The van der Waals surface area contributed by atoms with Gasteiger partial charge >= 0.3 is 0 Å². The Bertz CT molecular complexity index is 954. The molecular weight excluding hydrogens is 336 g/mol. The van der Waals surface area contributed by atoms with E-state index in [0.717, 1.165) is 11.2 Å². The zero-order chi connectivity index (χ0) is 13.8. The van der Waals surface area contributed by atoms with E-state index in [9.17, 15) is 0 Å². The third-order valence-corrected chi connectivity index (χ3v) is 4.76. The molecular formula is C19H17BrN2. The predicted molar refractivity (Wildman–Crippen MR) is 96.3 cm³/mol. The van der Waals surface area contributed by atoms with Gasteiger partial charge in [-0.1, -0.05) is 18.2 Å². The van der Waals surface area contributed by atoms with Crippen LogP contribution in [0.3, 0.4) is 0 Å². The first-order valence-corrected chi connectivity index (χ1v) is 7.71. The van der Waals surface area contributed by atoms with E-state index in [0.29, 0.717) is 0 Å². The van der Waals surface area contributed by atoms with E-state index in [2.05, 4.69) is 53.2 Å². The maximum Gasteiger partial charge on any atom is 0.0957 e. The van der Waals surface area contributed by atoms with Crippen LogP contribution >= 0.6 is 17.0 Å². The SMILES string of the molecule is Br.c1ccc2c3ccn4cc5c(cc4c-3nc2c1)CCCC5. The first-order valence-electron chi connectivity index (χ1n) is 7.71. The number of fused-ring (bicyclic) bond motifs is 6. The maximum absolute atomic E-state index is 4.87. The molecule has 0 amide bonds. The van der Waals surface area contributed by atoms with Crippen LogP contribution in [0.1, 0.15) is 24.0 Å². The minimum absolute atomic E-state index is 0. The van der Waals surface area contributed by atoms with Gasteiger partial charge in [0.25, 0.3) is 0 Å². The molecule has 3 heterocycles. The number of hydrogen-bond acceptors (Lipinski definition) is 1. The Balaban J connectivity index is 0.00000125. The topological polar surface area (TPSA) is 17.3 Å². The molecule has 110 valence electrons. The standard InChI is InChI=1S/C19H16N2.BrH/c1-2-6-14-12-21-10-9-16-15-7-3-4-8-17(15)20-19(16)18(21)11-13(14)5-1;/h3-4,7-12H,1-2,5-6H2;1H. The van der Waals surface area contributed by atoms with Gasteiger partial charge in [0.1, 0.15) is 0 Å². The van der Waals surface area contributed by atoms with Crippen molar-refractivity contribution in [2.45, 2.75) is 25.7 Å². The van der Waals surface area contributed by atoms with Gasteiger partial charge in [-0.05, 0) is 55.0 Å². The number of aryl methyl sites for hydroxylation is 2. The van der Waals surface area contributed by atoms with E-state index in [1.807, 2.05) is 0 Å². The number of benzene rings is 1. The number of halogens is 1. The molecule has 5 rings (SSSR count). The molecule has 2 aromatic rings. The molecule has 1 aromatic heterocycles.